The van der Waals surface area contributed by atoms with Crippen molar-refractivity contribution in [3.63, 3.8) is 0 Å². The van der Waals surface area contributed by atoms with Gasteiger partial charge in [0.15, 0.2) is 11.6 Å². The molecule has 1 aromatic rings. The number of hydrogen-bond acceptors (Lipinski definition) is 3. The first-order chi connectivity index (χ1) is 7.76. The van der Waals surface area contributed by atoms with E-state index in [0.717, 1.165) is 7.11 Å². The summed E-state index contributed by atoms with van der Waals surface area (Å²) in [6, 6.07) is 0.896. The molecular formula is C9H5F5O3. The van der Waals surface area contributed by atoms with E-state index in [1.807, 2.05) is 0 Å². The number of methoxy groups -OCH3 is 1. The van der Waals surface area contributed by atoms with Crippen molar-refractivity contribution in [3.05, 3.63) is 29.3 Å². The van der Waals surface area contributed by atoms with Crippen LogP contribution in [0.1, 0.15) is 10.4 Å². The maximum absolute atomic E-state index is 13.1. The Morgan fingerprint density at radius 3 is 2.18 bits per heavy atom. The zero-order valence-corrected chi connectivity index (χ0v) is 8.27. The Hall–Kier alpha value is -1.86. The number of ether oxygens (including phenoxy) is 2. The normalized spacial score (nSPS) is 11.2. The number of carbonyl (C=O) groups excluding carboxylic acids is 1. The third-order valence-corrected chi connectivity index (χ3v) is 1.67. The molecule has 0 aliphatic heterocycles. The summed E-state index contributed by atoms with van der Waals surface area (Å²) in [5.41, 5.74) is -1.25. The van der Waals surface area contributed by atoms with Gasteiger partial charge in [0.2, 0.25) is 0 Å². The van der Waals surface area contributed by atoms with Gasteiger partial charge in [0.05, 0.1) is 7.11 Å². The minimum Gasteiger partial charge on any atom is -0.465 e. The van der Waals surface area contributed by atoms with Gasteiger partial charge >= 0.3 is 12.3 Å². The summed E-state index contributed by atoms with van der Waals surface area (Å²) in [6.07, 6.45) is -5.25. The number of hydrogen-bond donors (Lipinski definition) is 0. The summed E-state index contributed by atoms with van der Waals surface area (Å²) in [5.74, 6) is -5.92. The Labute approximate surface area is 91.7 Å². The van der Waals surface area contributed by atoms with Gasteiger partial charge in [-0.3, -0.25) is 0 Å². The Balaban J connectivity index is 3.35. The molecule has 0 aromatic heterocycles. The van der Waals surface area contributed by atoms with Gasteiger partial charge in [-0.2, -0.15) is 0 Å². The fourth-order valence-corrected chi connectivity index (χ4v) is 1.04. The topological polar surface area (TPSA) is 35.5 Å². The minimum absolute atomic E-state index is 0.406. The van der Waals surface area contributed by atoms with E-state index in [-0.39, 0.29) is 0 Å². The molecule has 0 aliphatic carbocycles. The molecule has 0 atom stereocenters. The summed E-state index contributed by atoms with van der Waals surface area (Å²) in [4.78, 5) is 11.0. The highest BCUT2D eigenvalue weighted by Crippen LogP contribution is 2.31. The third-order valence-electron chi connectivity index (χ3n) is 1.67. The molecule has 1 rings (SSSR count). The van der Waals surface area contributed by atoms with Crippen molar-refractivity contribution in [1.29, 1.82) is 0 Å². The minimum atomic E-state index is -5.25. The van der Waals surface area contributed by atoms with Gasteiger partial charge in [0.1, 0.15) is 11.4 Å². The number of esters is 1. The lowest BCUT2D eigenvalue weighted by molar-refractivity contribution is -0.275. The lowest BCUT2D eigenvalue weighted by atomic mass is 10.2. The van der Waals surface area contributed by atoms with E-state index in [0.29, 0.717) is 12.1 Å². The highest BCUT2D eigenvalue weighted by molar-refractivity contribution is 5.92. The van der Waals surface area contributed by atoms with Crippen LogP contribution < -0.4 is 4.74 Å². The van der Waals surface area contributed by atoms with Crippen LogP contribution in [-0.2, 0) is 4.74 Å². The number of carbonyl (C=O) groups is 1. The van der Waals surface area contributed by atoms with Crippen LogP contribution in [0, 0.1) is 11.6 Å². The van der Waals surface area contributed by atoms with Crippen molar-refractivity contribution in [2.24, 2.45) is 0 Å². The third kappa shape index (κ3) is 3.05. The lowest BCUT2D eigenvalue weighted by Gasteiger charge is -2.13. The average Bonchev–Trinajstić information content (AvgIpc) is 2.21. The largest absolute Gasteiger partial charge is 0.573 e. The van der Waals surface area contributed by atoms with Crippen molar-refractivity contribution >= 4 is 5.97 Å². The number of halogens is 5. The molecule has 94 valence electrons. The Morgan fingerprint density at radius 2 is 1.71 bits per heavy atom. The number of benzene rings is 1. The summed E-state index contributed by atoms with van der Waals surface area (Å²) in [7, 11) is 0.810. The zero-order valence-electron chi connectivity index (χ0n) is 8.27. The molecule has 0 unspecified atom stereocenters. The highest BCUT2D eigenvalue weighted by Gasteiger charge is 2.36. The smallest absolute Gasteiger partial charge is 0.465 e. The lowest BCUT2D eigenvalue weighted by Crippen LogP contribution is -2.21. The second-order valence-corrected chi connectivity index (χ2v) is 2.77. The quantitative estimate of drug-likeness (QED) is 0.602. The molecular weight excluding hydrogens is 251 g/mol. The molecule has 8 heteroatoms. The first kappa shape index (κ1) is 13.2. The molecule has 3 nitrogen and oxygen atoms in total. The van der Waals surface area contributed by atoms with E-state index in [4.69, 9.17) is 0 Å². The first-order valence-corrected chi connectivity index (χ1v) is 4.08. The second-order valence-electron chi connectivity index (χ2n) is 2.77. The van der Waals surface area contributed by atoms with Crippen LogP contribution >= 0.6 is 0 Å². The van der Waals surface area contributed by atoms with Crippen LogP contribution in [0.2, 0.25) is 0 Å². The summed E-state index contributed by atoms with van der Waals surface area (Å²) >= 11 is 0. The van der Waals surface area contributed by atoms with E-state index in [1.165, 1.54) is 0 Å². The van der Waals surface area contributed by atoms with Gasteiger partial charge in [-0.1, -0.05) is 0 Å². The summed E-state index contributed by atoms with van der Waals surface area (Å²) in [6.45, 7) is 0. The zero-order chi connectivity index (χ0) is 13.2. The molecule has 0 spiro atoms. The number of rotatable bonds is 2. The van der Waals surface area contributed by atoms with Crippen molar-refractivity contribution in [2.45, 2.75) is 6.36 Å². The van der Waals surface area contributed by atoms with Crippen LogP contribution in [0.15, 0.2) is 12.1 Å². The molecule has 0 aliphatic rings. The Kier molecular flexibility index (Phi) is 3.54. The second kappa shape index (κ2) is 4.56. The molecule has 17 heavy (non-hydrogen) atoms. The van der Waals surface area contributed by atoms with E-state index in [1.54, 1.807) is 0 Å². The summed E-state index contributed by atoms with van der Waals surface area (Å²) in [5, 5.41) is 0. The van der Waals surface area contributed by atoms with Gasteiger partial charge in [0, 0.05) is 0 Å². The van der Waals surface area contributed by atoms with Crippen LogP contribution in [0.25, 0.3) is 0 Å². The van der Waals surface area contributed by atoms with E-state index in [2.05, 4.69) is 9.47 Å². The van der Waals surface area contributed by atoms with Gasteiger partial charge in [-0.05, 0) is 12.1 Å². The van der Waals surface area contributed by atoms with E-state index >= 15 is 0 Å². The predicted molar refractivity (Wildman–Crippen MR) is 44.4 cm³/mol. The van der Waals surface area contributed by atoms with Gasteiger partial charge in [-0.15, -0.1) is 13.2 Å². The Morgan fingerprint density at radius 1 is 1.18 bits per heavy atom. The molecule has 1 aromatic carbocycles. The van der Waals surface area contributed by atoms with E-state index < -0.39 is 35.3 Å². The molecule has 0 heterocycles. The molecule has 0 fully saturated rings. The monoisotopic (exact) mass is 256 g/mol. The van der Waals surface area contributed by atoms with Crippen molar-refractivity contribution < 1.29 is 36.2 Å². The fraction of sp³-hybridized carbons (Fsp3) is 0.222. The van der Waals surface area contributed by atoms with Crippen LogP contribution in [-0.4, -0.2) is 19.4 Å². The maximum Gasteiger partial charge on any atom is 0.573 e. The van der Waals surface area contributed by atoms with Crippen molar-refractivity contribution in [3.8, 4) is 5.75 Å². The SMILES string of the molecule is COC(=O)c1c(F)ccc(F)c1OC(F)(F)F. The predicted octanol–water partition coefficient (Wildman–Crippen LogP) is 2.65. The molecule has 0 amide bonds. The number of alkyl halides is 3. The van der Waals surface area contributed by atoms with Gasteiger partial charge in [-0.25, -0.2) is 13.6 Å². The summed E-state index contributed by atoms with van der Waals surface area (Å²) < 4.78 is 69.3. The van der Waals surface area contributed by atoms with Crippen molar-refractivity contribution in [1.82, 2.24) is 0 Å². The first-order valence-electron chi connectivity index (χ1n) is 4.08. The van der Waals surface area contributed by atoms with Crippen LogP contribution in [0.3, 0.4) is 0 Å². The molecule has 0 saturated heterocycles. The van der Waals surface area contributed by atoms with Crippen LogP contribution in [0.4, 0.5) is 22.0 Å². The average molecular weight is 256 g/mol. The highest BCUT2D eigenvalue weighted by atomic mass is 19.4. The molecule has 0 N–H and O–H groups in total. The Bertz CT molecular complexity index is 441. The fourth-order valence-electron chi connectivity index (χ4n) is 1.04. The van der Waals surface area contributed by atoms with Crippen LogP contribution in [0.5, 0.6) is 5.75 Å². The maximum atomic E-state index is 13.1. The molecule has 0 radical (unpaired) electrons. The molecule has 0 bridgehead atoms. The van der Waals surface area contributed by atoms with Crippen molar-refractivity contribution in [2.75, 3.05) is 7.11 Å². The standard InChI is InChI=1S/C9H5F5O3/c1-16-8(15)6-4(10)2-3-5(11)7(6)17-9(12,13)14/h2-3H,1H3. The van der Waals surface area contributed by atoms with E-state index in [9.17, 15) is 26.7 Å². The molecule has 0 saturated carbocycles. The van der Waals surface area contributed by atoms with Gasteiger partial charge < -0.3 is 9.47 Å². The van der Waals surface area contributed by atoms with Gasteiger partial charge in [0.25, 0.3) is 0 Å².